The molecule has 0 atom stereocenters. The first-order valence-corrected chi connectivity index (χ1v) is 5.58. The number of aromatic nitrogens is 2. The molecule has 1 N–H and O–H groups in total. The van der Waals surface area contributed by atoms with Gasteiger partial charge < -0.3 is 14.8 Å². The molecule has 2 rings (SSSR count). The van der Waals surface area contributed by atoms with Crippen LogP contribution in [0.5, 0.6) is 11.5 Å². The molecular weight excluding hydrogens is 254 g/mol. The number of hydrogen-bond acceptors (Lipinski definition) is 5. The van der Waals surface area contributed by atoms with Crippen LogP contribution in [0.4, 0.5) is 11.5 Å². The van der Waals surface area contributed by atoms with Crippen molar-refractivity contribution < 1.29 is 9.47 Å². The van der Waals surface area contributed by atoms with E-state index in [2.05, 4.69) is 15.3 Å². The van der Waals surface area contributed by atoms with Crippen molar-refractivity contribution >= 4 is 23.1 Å². The Labute approximate surface area is 110 Å². The fourth-order valence-corrected chi connectivity index (χ4v) is 1.61. The average Bonchev–Trinajstić information content (AvgIpc) is 2.41. The van der Waals surface area contributed by atoms with Crippen molar-refractivity contribution in [3.63, 3.8) is 0 Å². The van der Waals surface area contributed by atoms with E-state index in [0.29, 0.717) is 22.5 Å². The van der Waals surface area contributed by atoms with E-state index in [1.165, 1.54) is 6.20 Å². The maximum absolute atomic E-state index is 5.91. The maximum atomic E-state index is 5.91. The lowest BCUT2D eigenvalue weighted by Crippen LogP contribution is -1.97. The zero-order valence-corrected chi connectivity index (χ0v) is 10.7. The molecule has 0 fully saturated rings. The predicted molar refractivity (Wildman–Crippen MR) is 69.9 cm³/mol. The Kier molecular flexibility index (Phi) is 3.84. The van der Waals surface area contributed by atoms with E-state index < -0.39 is 0 Å². The highest BCUT2D eigenvalue weighted by Crippen LogP contribution is 2.31. The highest BCUT2D eigenvalue weighted by Gasteiger charge is 2.07. The van der Waals surface area contributed by atoms with E-state index in [0.717, 1.165) is 5.69 Å². The number of nitrogens with one attached hydrogen (secondary N) is 1. The van der Waals surface area contributed by atoms with Gasteiger partial charge >= 0.3 is 0 Å². The van der Waals surface area contributed by atoms with Crippen molar-refractivity contribution in [2.45, 2.75) is 0 Å². The molecule has 1 aromatic heterocycles. The number of methoxy groups -OCH3 is 2. The molecule has 0 saturated carbocycles. The molecule has 0 saturated heterocycles. The molecule has 1 heterocycles. The first-order valence-electron chi connectivity index (χ1n) is 5.20. The second-order valence-corrected chi connectivity index (χ2v) is 3.75. The topological polar surface area (TPSA) is 56.3 Å². The molecule has 0 amide bonds. The van der Waals surface area contributed by atoms with Gasteiger partial charge in [0.15, 0.2) is 22.5 Å². The maximum Gasteiger partial charge on any atom is 0.171 e. The van der Waals surface area contributed by atoms with Crippen LogP contribution in [0.25, 0.3) is 0 Å². The Balaban J connectivity index is 2.27. The normalized spacial score (nSPS) is 9.94. The van der Waals surface area contributed by atoms with Gasteiger partial charge in [-0.25, -0.2) is 9.97 Å². The summed E-state index contributed by atoms with van der Waals surface area (Å²) >= 11 is 5.91. The summed E-state index contributed by atoms with van der Waals surface area (Å²) in [5, 5.41) is 3.37. The lowest BCUT2D eigenvalue weighted by molar-refractivity contribution is 0.355. The summed E-state index contributed by atoms with van der Waals surface area (Å²) in [5.74, 6) is 1.78. The van der Waals surface area contributed by atoms with Crippen LogP contribution < -0.4 is 14.8 Å². The Morgan fingerprint density at radius 1 is 1.06 bits per heavy atom. The van der Waals surface area contributed by atoms with Gasteiger partial charge in [0.25, 0.3) is 0 Å². The van der Waals surface area contributed by atoms with Crippen molar-refractivity contribution in [2.24, 2.45) is 0 Å². The SMILES string of the molecule is COc1ccc(Nc2nccnc2Cl)cc1OC. The number of nitrogens with zero attached hydrogens (tertiary/aromatic N) is 2. The minimum Gasteiger partial charge on any atom is -0.493 e. The predicted octanol–water partition coefficient (Wildman–Crippen LogP) is 2.89. The summed E-state index contributed by atoms with van der Waals surface area (Å²) in [6, 6.07) is 5.43. The lowest BCUT2D eigenvalue weighted by Gasteiger charge is -2.11. The Morgan fingerprint density at radius 3 is 2.44 bits per heavy atom. The summed E-state index contributed by atoms with van der Waals surface area (Å²) in [6.45, 7) is 0. The standard InChI is InChI=1S/C12H12ClN3O2/c1-17-9-4-3-8(7-10(9)18-2)16-12-11(13)14-5-6-15-12/h3-7H,1-2H3,(H,15,16). The first kappa shape index (κ1) is 12.4. The van der Waals surface area contributed by atoms with E-state index in [4.69, 9.17) is 21.1 Å². The third-order valence-electron chi connectivity index (χ3n) is 2.30. The van der Waals surface area contributed by atoms with E-state index in [1.54, 1.807) is 32.5 Å². The van der Waals surface area contributed by atoms with E-state index in [1.807, 2.05) is 6.07 Å². The molecule has 0 radical (unpaired) electrons. The van der Waals surface area contributed by atoms with Crippen LogP contribution >= 0.6 is 11.6 Å². The fourth-order valence-electron chi connectivity index (χ4n) is 1.46. The van der Waals surface area contributed by atoms with Gasteiger partial charge in [-0.2, -0.15) is 0 Å². The lowest BCUT2D eigenvalue weighted by atomic mass is 10.2. The third-order valence-corrected chi connectivity index (χ3v) is 2.58. The molecule has 1 aromatic carbocycles. The Hall–Kier alpha value is -2.01. The van der Waals surface area contributed by atoms with Crippen molar-refractivity contribution in [3.8, 4) is 11.5 Å². The Bertz CT molecular complexity index is 549. The van der Waals surface area contributed by atoms with Gasteiger partial charge in [0.05, 0.1) is 14.2 Å². The minimum atomic E-state index is 0.312. The monoisotopic (exact) mass is 265 g/mol. The van der Waals surface area contributed by atoms with Crippen LogP contribution in [-0.2, 0) is 0 Å². The van der Waals surface area contributed by atoms with E-state index in [-0.39, 0.29) is 0 Å². The molecule has 0 aliphatic carbocycles. The van der Waals surface area contributed by atoms with Gasteiger partial charge in [0, 0.05) is 24.1 Å². The molecular formula is C12H12ClN3O2. The number of hydrogen-bond donors (Lipinski definition) is 1. The summed E-state index contributed by atoms with van der Waals surface area (Å²) in [6.07, 6.45) is 3.09. The molecule has 0 aliphatic rings. The molecule has 94 valence electrons. The molecule has 6 heteroatoms. The molecule has 5 nitrogen and oxygen atoms in total. The molecule has 0 unspecified atom stereocenters. The summed E-state index contributed by atoms with van der Waals surface area (Å²) < 4.78 is 10.4. The highest BCUT2D eigenvalue weighted by molar-refractivity contribution is 6.31. The Morgan fingerprint density at radius 2 is 1.78 bits per heavy atom. The largest absolute Gasteiger partial charge is 0.493 e. The molecule has 0 bridgehead atoms. The summed E-state index contributed by atoms with van der Waals surface area (Å²) in [7, 11) is 3.17. The van der Waals surface area contributed by atoms with Gasteiger partial charge in [-0.05, 0) is 12.1 Å². The van der Waals surface area contributed by atoms with Crippen molar-refractivity contribution in [3.05, 3.63) is 35.7 Å². The van der Waals surface area contributed by atoms with Gasteiger partial charge in [-0.1, -0.05) is 11.6 Å². The van der Waals surface area contributed by atoms with Gasteiger partial charge in [0.1, 0.15) is 0 Å². The van der Waals surface area contributed by atoms with Gasteiger partial charge in [-0.3, -0.25) is 0 Å². The van der Waals surface area contributed by atoms with Crippen LogP contribution in [-0.4, -0.2) is 24.2 Å². The van der Waals surface area contributed by atoms with Crippen molar-refractivity contribution in [2.75, 3.05) is 19.5 Å². The smallest absolute Gasteiger partial charge is 0.171 e. The third kappa shape index (κ3) is 2.62. The van der Waals surface area contributed by atoms with E-state index in [9.17, 15) is 0 Å². The second kappa shape index (κ2) is 5.55. The van der Waals surface area contributed by atoms with Gasteiger partial charge in [0.2, 0.25) is 0 Å². The highest BCUT2D eigenvalue weighted by atomic mass is 35.5. The summed E-state index contributed by atoms with van der Waals surface area (Å²) in [4.78, 5) is 8.03. The van der Waals surface area contributed by atoms with Crippen molar-refractivity contribution in [1.82, 2.24) is 9.97 Å². The van der Waals surface area contributed by atoms with Crippen LogP contribution in [0.15, 0.2) is 30.6 Å². The molecule has 0 spiro atoms. The quantitative estimate of drug-likeness (QED) is 0.921. The number of benzene rings is 1. The summed E-state index contributed by atoms with van der Waals surface area (Å²) in [5.41, 5.74) is 0.787. The number of anilines is 2. The molecule has 2 aromatic rings. The number of rotatable bonds is 4. The van der Waals surface area contributed by atoms with Crippen LogP contribution in [0.2, 0.25) is 5.15 Å². The zero-order valence-electron chi connectivity index (χ0n) is 9.98. The fraction of sp³-hybridized carbons (Fsp3) is 0.167. The van der Waals surface area contributed by atoms with Crippen molar-refractivity contribution in [1.29, 1.82) is 0 Å². The average molecular weight is 266 g/mol. The van der Waals surface area contributed by atoms with Crippen LogP contribution in [0.1, 0.15) is 0 Å². The van der Waals surface area contributed by atoms with Gasteiger partial charge in [-0.15, -0.1) is 0 Å². The number of halogens is 1. The molecule has 18 heavy (non-hydrogen) atoms. The number of ether oxygens (including phenoxy) is 2. The minimum absolute atomic E-state index is 0.312. The van der Waals surface area contributed by atoms with E-state index >= 15 is 0 Å². The zero-order chi connectivity index (χ0) is 13.0. The first-order chi connectivity index (χ1) is 8.74. The molecule has 0 aliphatic heterocycles. The van der Waals surface area contributed by atoms with Crippen LogP contribution in [0.3, 0.4) is 0 Å². The second-order valence-electron chi connectivity index (χ2n) is 3.39. The van der Waals surface area contributed by atoms with Crippen LogP contribution in [0, 0.1) is 0 Å².